The lowest BCUT2D eigenvalue weighted by Crippen LogP contribution is -2.47. The van der Waals surface area contributed by atoms with Crippen LogP contribution in [0, 0.1) is 6.92 Å². The number of para-hydroxylation sites is 2. The molecule has 1 heterocycles. The molecule has 4 nitrogen and oxygen atoms in total. The number of hydrogen-bond donors (Lipinski definition) is 1. The number of anilines is 1. The maximum Gasteiger partial charge on any atom is 0.173 e. The quantitative estimate of drug-likeness (QED) is 0.777. The molecule has 0 unspecified atom stereocenters. The molecule has 0 spiro atoms. The van der Waals surface area contributed by atoms with Crippen LogP contribution in [0.3, 0.4) is 0 Å². The zero-order valence-corrected chi connectivity index (χ0v) is 17.3. The molecule has 5 heteroatoms. The molecule has 1 saturated heterocycles. The van der Waals surface area contributed by atoms with Crippen molar-refractivity contribution in [2.45, 2.75) is 32.4 Å². The minimum atomic E-state index is 0.426. The molecule has 0 aliphatic carbocycles. The van der Waals surface area contributed by atoms with Gasteiger partial charge < -0.3 is 19.9 Å². The first-order valence-corrected chi connectivity index (χ1v) is 9.93. The Morgan fingerprint density at radius 2 is 1.81 bits per heavy atom. The Morgan fingerprint density at radius 3 is 2.52 bits per heavy atom. The Labute approximate surface area is 168 Å². The third-order valence-corrected chi connectivity index (χ3v) is 5.65. The first-order chi connectivity index (χ1) is 13.1. The third kappa shape index (κ3) is 4.99. The number of likely N-dealkylation sites (tertiary alicyclic amines) is 1. The first kappa shape index (κ1) is 19.6. The van der Waals surface area contributed by atoms with Crippen molar-refractivity contribution in [2.75, 3.05) is 32.6 Å². The molecule has 1 aliphatic heterocycles. The average molecular weight is 384 g/mol. The Morgan fingerprint density at radius 1 is 1.15 bits per heavy atom. The second kappa shape index (κ2) is 9.20. The molecule has 0 bridgehead atoms. The van der Waals surface area contributed by atoms with E-state index in [1.54, 1.807) is 7.11 Å². The van der Waals surface area contributed by atoms with Crippen molar-refractivity contribution in [3.05, 3.63) is 59.7 Å². The van der Waals surface area contributed by atoms with Crippen LogP contribution in [0.25, 0.3) is 0 Å². The van der Waals surface area contributed by atoms with Gasteiger partial charge in [-0.3, -0.25) is 0 Å². The SMILES string of the molecule is COc1ccccc1CN(C(=S)Nc1ccccc1C)C1CCN(C)CC1. The molecular formula is C22H29N3OS. The van der Waals surface area contributed by atoms with Gasteiger partial charge in [0.1, 0.15) is 5.75 Å². The highest BCUT2D eigenvalue weighted by Gasteiger charge is 2.26. The van der Waals surface area contributed by atoms with Crippen LogP contribution in [0.5, 0.6) is 5.75 Å². The fraction of sp³-hybridized carbons (Fsp3) is 0.409. The molecule has 3 rings (SSSR count). The van der Waals surface area contributed by atoms with Crippen LogP contribution in [0.1, 0.15) is 24.0 Å². The van der Waals surface area contributed by atoms with Crippen LogP contribution in [0.4, 0.5) is 5.69 Å². The molecule has 2 aromatic carbocycles. The fourth-order valence-corrected chi connectivity index (χ4v) is 3.91. The average Bonchev–Trinajstić information content (AvgIpc) is 2.69. The lowest BCUT2D eigenvalue weighted by molar-refractivity contribution is 0.173. The number of rotatable bonds is 5. The minimum Gasteiger partial charge on any atom is -0.496 e. The van der Waals surface area contributed by atoms with Gasteiger partial charge in [0, 0.05) is 23.8 Å². The highest BCUT2D eigenvalue weighted by Crippen LogP contribution is 2.25. The molecule has 0 atom stereocenters. The first-order valence-electron chi connectivity index (χ1n) is 9.52. The van der Waals surface area contributed by atoms with Crippen LogP contribution in [0.15, 0.2) is 48.5 Å². The number of piperidine rings is 1. The summed E-state index contributed by atoms with van der Waals surface area (Å²) in [6, 6.07) is 16.9. The van der Waals surface area contributed by atoms with Crippen molar-refractivity contribution in [2.24, 2.45) is 0 Å². The summed E-state index contributed by atoms with van der Waals surface area (Å²) in [5, 5.41) is 4.26. The monoisotopic (exact) mass is 383 g/mol. The molecule has 1 N–H and O–H groups in total. The summed E-state index contributed by atoms with van der Waals surface area (Å²) in [6.07, 6.45) is 2.22. The molecule has 0 amide bonds. The lowest BCUT2D eigenvalue weighted by atomic mass is 10.0. The molecular weight excluding hydrogens is 354 g/mol. The van der Waals surface area contributed by atoms with Gasteiger partial charge in [-0.05, 0) is 69.8 Å². The number of ether oxygens (including phenoxy) is 1. The van der Waals surface area contributed by atoms with Gasteiger partial charge in [0.2, 0.25) is 0 Å². The van der Waals surface area contributed by atoms with E-state index < -0.39 is 0 Å². The van der Waals surface area contributed by atoms with Crippen molar-refractivity contribution in [1.29, 1.82) is 0 Å². The van der Waals surface area contributed by atoms with Crippen molar-refractivity contribution < 1.29 is 4.74 Å². The number of aryl methyl sites for hydroxylation is 1. The molecule has 1 aliphatic rings. The fourth-order valence-electron chi connectivity index (χ4n) is 3.59. The van der Waals surface area contributed by atoms with Crippen LogP contribution >= 0.6 is 12.2 Å². The summed E-state index contributed by atoms with van der Waals surface area (Å²) < 4.78 is 5.57. The number of nitrogens with zero attached hydrogens (tertiary/aromatic N) is 2. The largest absolute Gasteiger partial charge is 0.496 e. The van der Waals surface area contributed by atoms with Gasteiger partial charge in [-0.1, -0.05) is 36.4 Å². The Hall–Kier alpha value is -2.11. The molecule has 0 radical (unpaired) electrons. The maximum atomic E-state index is 5.87. The van der Waals surface area contributed by atoms with Crippen molar-refractivity contribution >= 4 is 23.0 Å². The van der Waals surface area contributed by atoms with Crippen molar-refractivity contribution in [3.8, 4) is 5.75 Å². The number of nitrogens with one attached hydrogen (secondary N) is 1. The predicted octanol–water partition coefficient (Wildman–Crippen LogP) is 4.30. The number of thiocarbonyl (C=S) groups is 1. The molecule has 0 aromatic heterocycles. The zero-order chi connectivity index (χ0) is 19.2. The van der Waals surface area contributed by atoms with E-state index in [2.05, 4.69) is 53.4 Å². The van der Waals surface area contributed by atoms with E-state index in [1.807, 2.05) is 24.3 Å². The van der Waals surface area contributed by atoms with E-state index >= 15 is 0 Å². The second-order valence-corrected chi connectivity index (χ2v) is 7.61. The van der Waals surface area contributed by atoms with Gasteiger partial charge in [0.05, 0.1) is 7.11 Å². The molecule has 27 heavy (non-hydrogen) atoms. The summed E-state index contributed by atoms with van der Waals surface area (Å²) in [5.41, 5.74) is 3.42. The van der Waals surface area contributed by atoms with E-state index in [9.17, 15) is 0 Å². The topological polar surface area (TPSA) is 27.7 Å². The van der Waals surface area contributed by atoms with Crippen LogP contribution in [-0.4, -0.2) is 48.2 Å². The Kier molecular flexibility index (Phi) is 6.69. The van der Waals surface area contributed by atoms with Gasteiger partial charge >= 0.3 is 0 Å². The third-order valence-electron chi connectivity index (χ3n) is 5.31. The van der Waals surface area contributed by atoms with E-state index in [1.165, 1.54) is 5.56 Å². The van der Waals surface area contributed by atoms with Gasteiger partial charge in [0.25, 0.3) is 0 Å². The van der Waals surface area contributed by atoms with Crippen LogP contribution < -0.4 is 10.1 Å². The van der Waals surface area contributed by atoms with Gasteiger partial charge in [0.15, 0.2) is 5.11 Å². The van der Waals surface area contributed by atoms with Crippen LogP contribution in [-0.2, 0) is 6.54 Å². The molecule has 144 valence electrons. The van der Waals surface area contributed by atoms with E-state index in [-0.39, 0.29) is 0 Å². The minimum absolute atomic E-state index is 0.426. The van der Waals surface area contributed by atoms with Crippen molar-refractivity contribution in [1.82, 2.24) is 9.80 Å². The normalized spacial score (nSPS) is 15.4. The summed E-state index contributed by atoms with van der Waals surface area (Å²) in [7, 11) is 3.91. The van der Waals surface area contributed by atoms with Gasteiger partial charge in [-0.15, -0.1) is 0 Å². The predicted molar refractivity (Wildman–Crippen MR) is 116 cm³/mol. The van der Waals surface area contributed by atoms with E-state index in [0.717, 1.165) is 54.6 Å². The van der Waals surface area contributed by atoms with E-state index in [0.29, 0.717) is 6.04 Å². The number of methoxy groups -OCH3 is 1. The smallest absolute Gasteiger partial charge is 0.173 e. The zero-order valence-electron chi connectivity index (χ0n) is 16.4. The van der Waals surface area contributed by atoms with Gasteiger partial charge in [-0.2, -0.15) is 0 Å². The highest BCUT2D eigenvalue weighted by molar-refractivity contribution is 7.80. The Balaban J connectivity index is 1.82. The van der Waals surface area contributed by atoms with Crippen LogP contribution in [0.2, 0.25) is 0 Å². The number of benzene rings is 2. The summed E-state index contributed by atoms with van der Waals surface area (Å²) >= 11 is 5.87. The Bertz CT molecular complexity index is 772. The van der Waals surface area contributed by atoms with Gasteiger partial charge in [-0.25, -0.2) is 0 Å². The standard InChI is InChI=1S/C22H29N3OS/c1-17-8-4-6-10-20(17)23-22(27)25(19-12-14-24(2)15-13-19)16-18-9-5-7-11-21(18)26-3/h4-11,19H,12-16H2,1-3H3,(H,23,27). The number of hydrogen-bond acceptors (Lipinski definition) is 3. The maximum absolute atomic E-state index is 5.87. The molecule has 2 aromatic rings. The summed E-state index contributed by atoms with van der Waals surface area (Å²) in [6.45, 7) is 5.04. The van der Waals surface area contributed by atoms with Crippen molar-refractivity contribution in [3.63, 3.8) is 0 Å². The second-order valence-electron chi connectivity index (χ2n) is 7.22. The molecule has 1 fully saturated rings. The lowest BCUT2D eigenvalue weighted by Gasteiger charge is -2.39. The highest BCUT2D eigenvalue weighted by atomic mass is 32.1. The summed E-state index contributed by atoms with van der Waals surface area (Å²) in [4.78, 5) is 4.72. The summed E-state index contributed by atoms with van der Waals surface area (Å²) in [5.74, 6) is 0.911. The molecule has 0 saturated carbocycles. The van der Waals surface area contributed by atoms with E-state index in [4.69, 9.17) is 17.0 Å².